The Morgan fingerprint density at radius 2 is 1.32 bits per heavy atom. The quantitative estimate of drug-likeness (QED) is 0.708. The molecule has 4 heteroatoms. The number of rotatable bonds is 2. The van der Waals surface area contributed by atoms with Crippen LogP contribution in [0, 0.1) is 23.2 Å². The van der Waals surface area contributed by atoms with Gasteiger partial charge in [0.15, 0.2) is 0 Å². The molecule has 1 aromatic carbocycles. The zero-order valence-electron chi connectivity index (χ0n) is 12.4. The van der Waals surface area contributed by atoms with Crippen LogP contribution in [0.25, 0.3) is 0 Å². The van der Waals surface area contributed by atoms with Gasteiger partial charge in [0.25, 0.3) is 5.24 Å². The molecule has 4 aliphatic carbocycles. The van der Waals surface area contributed by atoms with Gasteiger partial charge in [0, 0.05) is 11.0 Å². The molecule has 4 fully saturated rings. The van der Waals surface area contributed by atoms with E-state index in [4.69, 9.17) is 23.2 Å². The van der Waals surface area contributed by atoms with E-state index in [1.54, 1.807) is 24.3 Å². The second-order valence-corrected chi connectivity index (χ2v) is 7.80. The highest BCUT2D eigenvalue weighted by molar-refractivity contribution is 6.67. The summed E-state index contributed by atoms with van der Waals surface area (Å²) in [6.45, 7) is 0. The summed E-state index contributed by atoms with van der Waals surface area (Å²) in [5, 5.41) is -0.442. The molecule has 2 nitrogen and oxygen atoms in total. The number of halogens is 2. The largest absolute Gasteiger partial charge is 0.281 e. The molecular weight excluding hydrogens is 319 g/mol. The van der Waals surface area contributed by atoms with E-state index in [-0.39, 0.29) is 10.7 Å². The number of hydrogen-bond acceptors (Lipinski definition) is 2. The third-order valence-corrected chi connectivity index (χ3v) is 6.08. The van der Waals surface area contributed by atoms with Crippen LogP contribution in [0.3, 0.4) is 0 Å². The first kappa shape index (κ1) is 16.0. The summed E-state index contributed by atoms with van der Waals surface area (Å²) in [7, 11) is 0. The van der Waals surface area contributed by atoms with Crippen molar-refractivity contribution in [3.8, 4) is 0 Å². The van der Waals surface area contributed by atoms with Crippen molar-refractivity contribution in [1.29, 1.82) is 0 Å². The van der Waals surface area contributed by atoms with Gasteiger partial charge in [-0.2, -0.15) is 0 Å². The number of benzene rings is 1. The predicted octanol–water partition coefficient (Wildman–Crippen LogP) is 5.03. The van der Waals surface area contributed by atoms with Gasteiger partial charge >= 0.3 is 0 Å². The van der Waals surface area contributed by atoms with Crippen molar-refractivity contribution >= 4 is 33.7 Å². The first-order chi connectivity index (χ1) is 10.5. The monoisotopic (exact) mass is 338 g/mol. The third-order valence-electron chi connectivity index (χ3n) is 5.46. The van der Waals surface area contributed by atoms with Gasteiger partial charge in [-0.05, 0) is 79.5 Å². The van der Waals surface area contributed by atoms with Gasteiger partial charge in [-0.1, -0.05) is 30.3 Å². The topological polar surface area (TPSA) is 34.1 Å². The fourth-order valence-electron chi connectivity index (χ4n) is 4.92. The van der Waals surface area contributed by atoms with E-state index < -0.39 is 5.24 Å². The van der Waals surface area contributed by atoms with Gasteiger partial charge < -0.3 is 0 Å². The van der Waals surface area contributed by atoms with Gasteiger partial charge in [-0.3, -0.25) is 9.59 Å². The normalized spacial score (nSPS) is 34.7. The molecule has 22 heavy (non-hydrogen) atoms. The number of hydrogen-bond donors (Lipinski definition) is 0. The molecule has 0 unspecified atom stereocenters. The third kappa shape index (κ3) is 3.23. The Morgan fingerprint density at radius 1 is 0.864 bits per heavy atom. The fraction of sp³-hybridized carbons (Fsp3) is 0.556. The average Bonchev–Trinajstić information content (AvgIpc) is 2.47. The highest BCUT2D eigenvalue weighted by Crippen LogP contribution is 2.60. The molecule has 118 valence electrons. The van der Waals surface area contributed by atoms with Crippen LogP contribution < -0.4 is 0 Å². The molecule has 4 saturated carbocycles. The summed E-state index contributed by atoms with van der Waals surface area (Å²) in [4.78, 5) is 21.9. The van der Waals surface area contributed by atoms with Gasteiger partial charge in [-0.25, -0.2) is 0 Å². The lowest BCUT2D eigenvalue weighted by atomic mass is 9.50. The molecule has 1 aromatic rings. The summed E-state index contributed by atoms with van der Waals surface area (Å²) in [6.07, 6.45) is 7.43. The Morgan fingerprint density at radius 3 is 1.64 bits per heavy atom. The molecule has 0 aliphatic heterocycles. The molecule has 4 bridgehead atoms. The smallest absolute Gasteiger partial charge is 0.252 e. The summed E-state index contributed by atoms with van der Waals surface area (Å²) in [5.74, 6) is 2.48. The minimum atomic E-state index is -0.407. The summed E-state index contributed by atoms with van der Waals surface area (Å²) in [6, 6.07) is 8.74. The predicted molar refractivity (Wildman–Crippen MR) is 88.1 cm³/mol. The summed E-state index contributed by atoms with van der Waals surface area (Å²) >= 11 is 10.9. The Kier molecular flexibility index (Phi) is 4.61. The van der Waals surface area contributed by atoms with Crippen LogP contribution in [-0.4, -0.2) is 10.5 Å². The average molecular weight is 339 g/mol. The first-order valence-electron chi connectivity index (χ1n) is 7.93. The van der Waals surface area contributed by atoms with Crippen molar-refractivity contribution < 1.29 is 9.59 Å². The molecule has 5 rings (SSSR count). The lowest BCUT2D eigenvalue weighted by Crippen LogP contribution is -2.48. The molecule has 0 atom stereocenters. The van der Waals surface area contributed by atoms with Crippen LogP contribution in [0.5, 0.6) is 0 Å². The van der Waals surface area contributed by atoms with Crippen LogP contribution in [0.1, 0.15) is 48.9 Å². The van der Waals surface area contributed by atoms with Crippen molar-refractivity contribution in [2.75, 3.05) is 0 Å². The Hall–Kier alpha value is -0.860. The molecule has 0 heterocycles. The van der Waals surface area contributed by atoms with Crippen LogP contribution in [-0.2, 0) is 4.79 Å². The molecule has 0 N–H and O–H groups in total. The van der Waals surface area contributed by atoms with Gasteiger partial charge in [0.05, 0.1) is 0 Å². The summed E-state index contributed by atoms with van der Waals surface area (Å²) in [5.41, 5.74) is 0.468. The molecule has 4 aliphatic rings. The number of carbonyl (C=O) groups excluding carboxylic acids is 2. The van der Waals surface area contributed by atoms with E-state index in [9.17, 15) is 9.59 Å². The molecular formula is C18H20Cl2O2. The maximum atomic E-state index is 11.5. The Labute approximate surface area is 141 Å². The van der Waals surface area contributed by atoms with E-state index in [1.807, 2.05) is 6.07 Å². The van der Waals surface area contributed by atoms with E-state index >= 15 is 0 Å². The SMILES string of the molecule is O=C(Cl)C12CC3CC(CC(C3)C1)C2.O=C(Cl)c1ccccc1. The highest BCUT2D eigenvalue weighted by atomic mass is 35.5. The zero-order chi connectivity index (χ0) is 15.7. The Bertz CT molecular complexity index is 532. The van der Waals surface area contributed by atoms with Crippen molar-refractivity contribution in [3.05, 3.63) is 35.9 Å². The fourth-order valence-corrected chi connectivity index (χ4v) is 5.28. The van der Waals surface area contributed by atoms with E-state index in [2.05, 4.69) is 0 Å². The van der Waals surface area contributed by atoms with Gasteiger partial charge in [-0.15, -0.1) is 0 Å². The van der Waals surface area contributed by atoms with Crippen molar-refractivity contribution in [2.24, 2.45) is 23.2 Å². The maximum absolute atomic E-state index is 11.5. The van der Waals surface area contributed by atoms with E-state index in [1.165, 1.54) is 19.3 Å². The maximum Gasteiger partial charge on any atom is 0.252 e. The van der Waals surface area contributed by atoms with Crippen molar-refractivity contribution in [3.63, 3.8) is 0 Å². The molecule has 0 amide bonds. The van der Waals surface area contributed by atoms with Crippen LogP contribution >= 0.6 is 23.2 Å². The van der Waals surface area contributed by atoms with Gasteiger partial charge in [0.2, 0.25) is 5.24 Å². The number of carbonyl (C=O) groups is 2. The van der Waals surface area contributed by atoms with E-state index in [0.717, 1.165) is 37.0 Å². The van der Waals surface area contributed by atoms with E-state index in [0.29, 0.717) is 5.56 Å². The summed E-state index contributed by atoms with van der Waals surface area (Å²) < 4.78 is 0. The van der Waals surface area contributed by atoms with Crippen LogP contribution in [0.2, 0.25) is 0 Å². The molecule has 0 aromatic heterocycles. The Balaban J connectivity index is 0.000000142. The van der Waals surface area contributed by atoms with Crippen molar-refractivity contribution in [2.45, 2.75) is 38.5 Å². The zero-order valence-corrected chi connectivity index (χ0v) is 13.9. The second kappa shape index (κ2) is 6.33. The van der Waals surface area contributed by atoms with Crippen molar-refractivity contribution in [1.82, 2.24) is 0 Å². The minimum absolute atomic E-state index is 0.0356. The molecule has 0 saturated heterocycles. The lowest BCUT2D eigenvalue weighted by Gasteiger charge is -2.55. The second-order valence-electron chi connectivity index (χ2n) is 7.11. The van der Waals surface area contributed by atoms with Crippen LogP contribution in [0.4, 0.5) is 0 Å². The first-order valence-corrected chi connectivity index (χ1v) is 8.69. The minimum Gasteiger partial charge on any atom is -0.281 e. The molecule has 0 radical (unpaired) electrons. The van der Waals surface area contributed by atoms with Crippen LogP contribution in [0.15, 0.2) is 30.3 Å². The van der Waals surface area contributed by atoms with Gasteiger partial charge in [0.1, 0.15) is 0 Å². The highest BCUT2D eigenvalue weighted by Gasteiger charge is 2.53. The molecule has 0 spiro atoms. The lowest BCUT2D eigenvalue weighted by molar-refractivity contribution is -0.135. The standard InChI is InChI=1S/C11H15ClO.C7H5ClO/c12-10(13)11-4-7-1-8(5-11)3-9(2-7)6-11;8-7(9)6-4-2-1-3-5-6/h7-9H,1-6H2;1-5H.